The number of anilines is 1. The monoisotopic (exact) mass is 337 g/mol. The number of hydrogen-bond donors (Lipinski definition) is 1. The summed E-state index contributed by atoms with van der Waals surface area (Å²) < 4.78 is 10.7. The van der Waals surface area contributed by atoms with Crippen molar-refractivity contribution in [3.8, 4) is 11.5 Å². The van der Waals surface area contributed by atoms with E-state index in [2.05, 4.69) is 15.5 Å². The fourth-order valence-electron chi connectivity index (χ4n) is 2.30. The lowest BCUT2D eigenvalue weighted by molar-refractivity contribution is -0.116. The van der Waals surface area contributed by atoms with Gasteiger partial charge in [0.15, 0.2) is 5.82 Å². The summed E-state index contributed by atoms with van der Waals surface area (Å²) in [5.41, 5.74) is 0.735. The van der Waals surface area contributed by atoms with E-state index < -0.39 is 0 Å². The van der Waals surface area contributed by atoms with Crippen LogP contribution < -0.4 is 10.1 Å². The zero-order valence-corrected chi connectivity index (χ0v) is 13.9. The van der Waals surface area contributed by atoms with E-state index in [0.717, 1.165) is 17.2 Å². The van der Waals surface area contributed by atoms with Crippen molar-refractivity contribution in [3.05, 3.63) is 66.3 Å². The third kappa shape index (κ3) is 5.17. The molecule has 6 nitrogen and oxygen atoms in total. The number of ether oxygens (including phenoxy) is 1. The van der Waals surface area contributed by atoms with E-state index in [4.69, 9.17) is 9.26 Å². The highest BCUT2D eigenvalue weighted by atomic mass is 16.5. The molecular formula is C19H19N3O3. The lowest BCUT2D eigenvalue weighted by atomic mass is 10.2. The second-order valence-electron chi connectivity index (χ2n) is 5.58. The van der Waals surface area contributed by atoms with Crippen LogP contribution in [0.1, 0.15) is 24.6 Å². The van der Waals surface area contributed by atoms with Crippen LogP contribution in [0, 0.1) is 6.92 Å². The van der Waals surface area contributed by atoms with Gasteiger partial charge in [-0.15, -0.1) is 0 Å². The van der Waals surface area contributed by atoms with Gasteiger partial charge in [0.2, 0.25) is 11.8 Å². The van der Waals surface area contributed by atoms with Crippen LogP contribution in [0.4, 0.5) is 5.69 Å². The van der Waals surface area contributed by atoms with Gasteiger partial charge in [0, 0.05) is 18.5 Å². The van der Waals surface area contributed by atoms with Crippen molar-refractivity contribution in [1.82, 2.24) is 10.1 Å². The van der Waals surface area contributed by atoms with E-state index in [-0.39, 0.29) is 5.91 Å². The van der Waals surface area contributed by atoms with Crippen LogP contribution in [0.25, 0.3) is 0 Å². The van der Waals surface area contributed by atoms with Crippen molar-refractivity contribution >= 4 is 11.6 Å². The van der Waals surface area contributed by atoms with E-state index in [1.807, 2.05) is 54.6 Å². The summed E-state index contributed by atoms with van der Waals surface area (Å²) in [4.78, 5) is 16.1. The van der Waals surface area contributed by atoms with Crippen LogP contribution in [-0.2, 0) is 11.2 Å². The van der Waals surface area contributed by atoms with Crippen molar-refractivity contribution < 1.29 is 14.1 Å². The van der Waals surface area contributed by atoms with Gasteiger partial charge >= 0.3 is 0 Å². The number of hydrogen-bond acceptors (Lipinski definition) is 5. The Morgan fingerprint density at radius 3 is 2.48 bits per heavy atom. The predicted octanol–water partition coefficient (Wildman–Crippen LogP) is 4.13. The van der Waals surface area contributed by atoms with Crippen LogP contribution in [0.3, 0.4) is 0 Å². The van der Waals surface area contributed by atoms with Crippen LogP contribution in [0.2, 0.25) is 0 Å². The number of rotatable bonds is 7. The quantitative estimate of drug-likeness (QED) is 0.701. The maximum atomic E-state index is 12.0. The number of carbonyl (C=O) groups excluding carboxylic acids is 1. The summed E-state index contributed by atoms with van der Waals surface area (Å²) in [6.07, 6.45) is 1.64. The molecule has 0 aliphatic heterocycles. The number of amides is 1. The Hall–Kier alpha value is -3.15. The van der Waals surface area contributed by atoms with Crippen molar-refractivity contribution in [2.45, 2.75) is 26.2 Å². The normalized spacial score (nSPS) is 10.4. The van der Waals surface area contributed by atoms with E-state index in [0.29, 0.717) is 31.0 Å². The van der Waals surface area contributed by atoms with Crippen molar-refractivity contribution in [3.63, 3.8) is 0 Å². The second-order valence-corrected chi connectivity index (χ2v) is 5.58. The Morgan fingerprint density at radius 1 is 1.08 bits per heavy atom. The zero-order chi connectivity index (χ0) is 17.5. The van der Waals surface area contributed by atoms with Gasteiger partial charge in [0.1, 0.15) is 11.5 Å². The topological polar surface area (TPSA) is 77.2 Å². The fraction of sp³-hybridized carbons (Fsp3) is 0.211. The molecule has 0 saturated heterocycles. The standard InChI is InChI=1S/C19H19N3O3/c1-14-20-19(25-22-14)9-5-8-18(23)21-15-10-12-17(13-11-15)24-16-6-3-2-4-7-16/h2-4,6-7,10-13H,5,8-9H2,1H3,(H,21,23). The number of nitrogens with one attached hydrogen (secondary N) is 1. The summed E-state index contributed by atoms with van der Waals surface area (Å²) in [5.74, 6) is 2.62. The van der Waals surface area contributed by atoms with Crippen molar-refractivity contribution in [2.24, 2.45) is 0 Å². The maximum absolute atomic E-state index is 12.0. The average Bonchev–Trinajstić information content (AvgIpc) is 3.03. The third-order valence-corrected chi connectivity index (χ3v) is 3.48. The minimum absolute atomic E-state index is 0.0482. The molecule has 2 aromatic carbocycles. The van der Waals surface area contributed by atoms with Crippen LogP contribution >= 0.6 is 0 Å². The molecule has 3 aromatic rings. The minimum atomic E-state index is -0.0482. The van der Waals surface area contributed by atoms with Gasteiger partial charge in [0.25, 0.3) is 0 Å². The minimum Gasteiger partial charge on any atom is -0.457 e. The smallest absolute Gasteiger partial charge is 0.226 e. The molecule has 0 unspecified atom stereocenters. The zero-order valence-electron chi connectivity index (χ0n) is 13.9. The summed E-state index contributed by atoms with van der Waals surface area (Å²) in [7, 11) is 0. The Morgan fingerprint density at radius 2 is 1.80 bits per heavy atom. The molecule has 1 heterocycles. The molecule has 128 valence electrons. The number of aromatic nitrogens is 2. The first-order valence-corrected chi connectivity index (χ1v) is 8.11. The molecule has 3 rings (SSSR count). The van der Waals surface area contributed by atoms with Crippen molar-refractivity contribution in [2.75, 3.05) is 5.32 Å². The predicted molar refractivity (Wildman–Crippen MR) is 93.6 cm³/mol. The molecule has 1 aromatic heterocycles. The average molecular weight is 337 g/mol. The lowest BCUT2D eigenvalue weighted by Gasteiger charge is -2.08. The molecule has 0 aliphatic rings. The third-order valence-electron chi connectivity index (χ3n) is 3.48. The molecular weight excluding hydrogens is 318 g/mol. The number of nitrogens with zero attached hydrogens (tertiary/aromatic N) is 2. The molecule has 1 amide bonds. The summed E-state index contributed by atoms with van der Waals surface area (Å²) in [6, 6.07) is 16.8. The molecule has 0 bridgehead atoms. The number of benzene rings is 2. The lowest BCUT2D eigenvalue weighted by Crippen LogP contribution is -2.11. The van der Waals surface area contributed by atoms with Gasteiger partial charge in [0.05, 0.1) is 0 Å². The first-order valence-electron chi connectivity index (χ1n) is 8.11. The molecule has 25 heavy (non-hydrogen) atoms. The molecule has 0 fully saturated rings. The second kappa shape index (κ2) is 8.10. The highest BCUT2D eigenvalue weighted by Gasteiger charge is 2.06. The van der Waals surface area contributed by atoms with Crippen molar-refractivity contribution in [1.29, 1.82) is 0 Å². The first kappa shape index (κ1) is 16.7. The number of para-hydroxylation sites is 1. The molecule has 0 spiro atoms. The maximum Gasteiger partial charge on any atom is 0.226 e. The molecule has 0 aliphatic carbocycles. The molecule has 0 radical (unpaired) electrons. The van der Waals surface area contributed by atoms with E-state index in [1.54, 1.807) is 6.92 Å². The fourth-order valence-corrected chi connectivity index (χ4v) is 2.30. The first-order chi connectivity index (χ1) is 12.2. The van der Waals surface area contributed by atoms with E-state index >= 15 is 0 Å². The Labute approximate surface area is 145 Å². The highest BCUT2D eigenvalue weighted by molar-refractivity contribution is 5.90. The van der Waals surface area contributed by atoms with Gasteiger partial charge in [-0.05, 0) is 49.7 Å². The molecule has 0 saturated carbocycles. The SMILES string of the molecule is Cc1noc(CCCC(=O)Nc2ccc(Oc3ccccc3)cc2)n1. The van der Waals surface area contributed by atoms with Crippen LogP contribution in [0.5, 0.6) is 11.5 Å². The molecule has 1 N–H and O–H groups in total. The Bertz CT molecular complexity index is 813. The van der Waals surface area contributed by atoms with Gasteiger partial charge in [-0.3, -0.25) is 4.79 Å². The highest BCUT2D eigenvalue weighted by Crippen LogP contribution is 2.22. The van der Waals surface area contributed by atoms with Gasteiger partial charge in [-0.1, -0.05) is 23.4 Å². The summed E-state index contributed by atoms with van der Waals surface area (Å²) >= 11 is 0. The van der Waals surface area contributed by atoms with E-state index in [1.165, 1.54) is 0 Å². The Balaban J connectivity index is 1.45. The number of carbonyl (C=O) groups is 1. The molecule has 0 atom stereocenters. The summed E-state index contributed by atoms with van der Waals surface area (Å²) in [6.45, 7) is 1.77. The van der Waals surface area contributed by atoms with Crippen LogP contribution in [-0.4, -0.2) is 16.0 Å². The Kier molecular flexibility index (Phi) is 5.41. The van der Waals surface area contributed by atoms with Gasteiger partial charge in [-0.25, -0.2) is 0 Å². The largest absolute Gasteiger partial charge is 0.457 e. The number of aryl methyl sites for hydroxylation is 2. The summed E-state index contributed by atoms with van der Waals surface area (Å²) in [5, 5.41) is 6.59. The van der Waals surface area contributed by atoms with Gasteiger partial charge < -0.3 is 14.6 Å². The van der Waals surface area contributed by atoms with Crippen LogP contribution in [0.15, 0.2) is 59.1 Å². The molecule has 6 heteroatoms. The van der Waals surface area contributed by atoms with E-state index in [9.17, 15) is 4.79 Å². The van der Waals surface area contributed by atoms with Gasteiger partial charge in [-0.2, -0.15) is 4.98 Å².